The van der Waals surface area contributed by atoms with Crippen LogP contribution in [0.4, 0.5) is 4.79 Å². The molecular formula is C31H32N4O4. The van der Waals surface area contributed by atoms with Gasteiger partial charge in [-0.2, -0.15) is 0 Å². The molecule has 0 spiro atoms. The fourth-order valence-electron chi connectivity index (χ4n) is 5.15. The fraction of sp³-hybridized carbons (Fsp3) is 0.290. The summed E-state index contributed by atoms with van der Waals surface area (Å²) in [6.07, 6.45) is 7.71. The lowest BCUT2D eigenvalue weighted by Crippen LogP contribution is -2.46. The van der Waals surface area contributed by atoms with Crippen molar-refractivity contribution < 1.29 is 18.7 Å². The van der Waals surface area contributed by atoms with E-state index in [1.807, 2.05) is 35.4 Å². The molecule has 2 aromatic carbocycles. The van der Waals surface area contributed by atoms with E-state index in [4.69, 9.17) is 9.15 Å². The first kappa shape index (κ1) is 26.2. The van der Waals surface area contributed by atoms with E-state index in [-0.39, 0.29) is 24.4 Å². The van der Waals surface area contributed by atoms with Crippen LogP contribution in [-0.4, -0.2) is 39.8 Å². The van der Waals surface area contributed by atoms with Crippen molar-refractivity contribution in [1.82, 2.24) is 20.2 Å². The number of aromatic nitrogens is 2. The molecule has 39 heavy (non-hydrogen) atoms. The van der Waals surface area contributed by atoms with Crippen LogP contribution in [0.1, 0.15) is 62.4 Å². The zero-order valence-electron chi connectivity index (χ0n) is 22.4. The number of ketones is 1. The summed E-state index contributed by atoms with van der Waals surface area (Å²) < 4.78 is 11.2. The van der Waals surface area contributed by atoms with Crippen molar-refractivity contribution in [2.45, 2.75) is 46.2 Å². The van der Waals surface area contributed by atoms with Crippen LogP contribution in [0, 0.1) is 13.8 Å². The van der Waals surface area contributed by atoms with Crippen LogP contribution < -0.4 is 10.1 Å². The first-order chi connectivity index (χ1) is 18.9. The van der Waals surface area contributed by atoms with Crippen molar-refractivity contribution in [3.8, 4) is 5.75 Å². The number of ether oxygens (including phenoxy) is 1. The summed E-state index contributed by atoms with van der Waals surface area (Å²) in [7, 11) is 0. The Morgan fingerprint density at radius 3 is 2.74 bits per heavy atom. The van der Waals surface area contributed by atoms with Gasteiger partial charge < -0.3 is 19.4 Å². The minimum absolute atomic E-state index is 0.0509. The van der Waals surface area contributed by atoms with Crippen molar-refractivity contribution in [2.24, 2.45) is 0 Å². The Morgan fingerprint density at radius 1 is 1.15 bits per heavy atom. The first-order valence-electron chi connectivity index (χ1n) is 13.1. The molecule has 0 saturated heterocycles. The van der Waals surface area contributed by atoms with E-state index in [2.05, 4.69) is 47.3 Å². The van der Waals surface area contributed by atoms with Crippen LogP contribution in [0.5, 0.6) is 5.75 Å². The molecule has 200 valence electrons. The van der Waals surface area contributed by atoms with E-state index >= 15 is 0 Å². The molecule has 8 heteroatoms. The maximum absolute atomic E-state index is 13.5. The van der Waals surface area contributed by atoms with Gasteiger partial charge in [0.25, 0.3) is 0 Å². The minimum Gasteiger partial charge on any atom is -0.492 e. The van der Waals surface area contributed by atoms with E-state index in [1.165, 1.54) is 12.7 Å². The molecule has 1 unspecified atom stereocenters. The summed E-state index contributed by atoms with van der Waals surface area (Å²) in [5.74, 6) is 0.481. The first-order valence-corrected chi connectivity index (χ1v) is 13.1. The molecule has 8 nitrogen and oxygen atoms in total. The number of benzene rings is 2. The normalized spacial score (nSPS) is 14.5. The number of carbonyl (C=O) groups is 2. The van der Waals surface area contributed by atoms with Crippen molar-refractivity contribution >= 4 is 11.8 Å². The SMILES string of the molecule is CC(=O)c1cc2c(cc1OCCc1cccnc1)C(c1ccc(C)cc1C)N(C(=O)NCc1cocn1)CC2. The largest absolute Gasteiger partial charge is 0.492 e. The molecule has 0 saturated carbocycles. The summed E-state index contributed by atoms with van der Waals surface area (Å²) in [5.41, 5.74) is 7.56. The number of fused-ring (bicyclic) bond motifs is 1. The van der Waals surface area contributed by atoms with Crippen molar-refractivity contribution in [3.05, 3.63) is 112 Å². The number of nitrogens with one attached hydrogen (secondary N) is 1. The van der Waals surface area contributed by atoms with E-state index in [1.54, 1.807) is 13.1 Å². The number of rotatable bonds is 8. The molecule has 0 bridgehead atoms. The Hall–Kier alpha value is -4.46. The number of carbonyl (C=O) groups excluding carboxylic acids is 2. The summed E-state index contributed by atoms with van der Waals surface area (Å²) >= 11 is 0. The number of amides is 2. The van der Waals surface area contributed by atoms with Gasteiger partial charge in [0.15, 0.2) is 12.2 Å². The lowest BCUT2D eigenvalue weighted by atomic mass is 9.84. The van der Waals surface area contributed by atoms with E-state index in [9.17, 15) is 9.59 Å². The molecule has 5 rings (SSSR count). The highest BCUT2D eigenvalue weighted by molar-refractivity contribution is 5.97. The number of urea groups is 1. The molecule has 1 atom stereocenters. The van der Waals surface area contributed by atoms with Crippen LogP contribution in [-0.2, 0) is 19.4 Å². The number of aryl methyl sites for hydroxylation is 2. The van der Waals surface area contributed by atoms with Gasteiger partial charge in [-0.3, -0.25) is 9.78 Å². The van der Waals surface area contributed by atoms with Crippen LogP contribution in [0.15, 0.2) is 71.9 Å². The average molecular weight is 525 g/mol. The Balaban J connectivity index is 1.50. The van der Waals surface area contributed by atoms with Gasteiger partial charge in [0, 0.05) is 25.4 Å². The molecule has 0 fully saturated rings. The molecule has 3 heterocycles. The second-order valence-electron chi connectivity index (χ2n) is 9.91. The molecule has 0 aliphatic carbocycles. The van der Waals surface area contributed by atoms with Gasteiger partial charge in [0.05, 0.1) is 30.5 Å². The van der Waals surface area contributed by atoms with Crippen LogP contribution in [0.2, 0.25) is 0 Å². The fourth-order valence-corrected chi connectivity index (χ4v) is 5.15. The molecular weight excluding hydrogens is 492 g/mol. The Morgan fingerprint density at radius 2 is 2.03 bits per heavy atom. The van der Waals surface area contributed by atoms with Gasteiger partial charge in [0.2, 0.25) is 0 Å². The highest BCUT2D eigenvalue weighted by Gasteiger charge is 2.34. The minimum atomic E-state index is -0.339. The Labute approximate surface area is 228 Å². The van der Waals surface area contributed by atoms with Crippen LogP contribution >= 0.6 is 0 Å². The number of hydrogen-bond acceptors (Lipinski definition) is 6. The Kier molecular flexibility index (Phi) is 7.72. The van der Waals surface area contributed by atoms with Gasteiger partial charge in [-0.1, -0.05) is 29.8 Å². The lowest BCUT2D eigenvalue weighted by molar-refractivity contribution is 0.101. The lowest BCUT2D eigenvalue weighted by Gasteiger charge is -2.39. The topological polar surface area (TPSA) is 97.6 Å². The second-order valence-corrected chi connectivity index (χ2v) is 9.91. The van der Waals surface area contributed by atoms with Crippen molar-refractivity contribution in [2.75, 3.05) is 13.2 Å². The number of oxazole rings is 1. The molecule has 2 aromatic heterocycles. The highest BCUT2D eigenvalue weighted by atomic mass is 16.5. The molecule has 1 aliphatic heterocycles. The molecule has 0 radical (unpaired) electrons. The zero-order valence-corrected chi connectivity index (χ0v) is 22.4. The summed E-state index contributed by atoms with van der Waals surface area (Å²) in [6.45, 7) is 6.86. The van der Waals surface area contributed by atoms with Gasteiger partial charge >= 0.3 is 6.03 Å². The third kappa shape index (κ3) is 5.85. The molecule has 2 amide bonds. The molecule has 1 aliphatic rings. The standard InChI is InChI=1S/C31H32N4O4/c1-20-6-7-26(21(2)13-20)30-28-15-29(39-12-9-23-5-4-10-32-16-23)27(22(3)36)14-24(28)8-11-35(30)31(37)33-17-25-18-38-19-34-25/h4-7,10,13-16,18-19,30H,8-9,11-12,17H2,1-3H3,(H,33,37). The monoisotopic (exact) mass is 524 g/mol. The van der Waals surface area contributed by atoms with Gasteiger partial charge in [0.1, 0.15) is 12.0 Å². The Bertz CT molecular complexity index is 1470. The van der Waals surface area contributed by atoms with Gasteiger partial charge in [-0.25, -0.2) is 9.78 Å². The van der Waals surface area contributed by atoms with E-state index in [0.29, 0.717) is 43.0 Å². The molecule has 4 aromatic rings. The maximum atomic E-state index is 13.5. The molecule has 1 N–H and O–H groups in total. The quantitative estimate of drug-likeness (QED) is 0.311. The summed E-state index contributed by atoms with van der Waals surface area (Å²) in [5, 5.41) is 2.99. The van der Waals surface area contributed by atoms with Crippen molar-refractivity contribution in [3.63, 3.8) is 0 Å². The van der Waals surface area contributed by atoms with E-state index in [0.717, 1.165) is 33.4 Å². The number of hydrogen-bond donors (Lipinski definition) is 1. The third-order valence-electron chi connectivity index (χ3n) is 7.11. The van der Waals surface area contributed by atoms with Crippen LogP contribution in [0.3, 0.4) is 0 Å². The zero-order chi connectivity index (χ0) is 27.4. The third-order valence-corrected chi connectivity index (χ3v) is 7.11. The summed E-state index contributed by atoms with van der Waals surface area (Å²) in [4.78, 5) is 36.3. The predicted octanol–water partition coefficient (Wildman–Crippen LogP) is 5.37. The van der Waals surface area contributed by atoms with Gasteiger partial charge in [-0.15, -0.1) is 0 Å². The number of pyridine rings is 1. The van der Waals surface area contributed by atoms with Gasteiger partial charge in [-0.05, 0) is 73.2 Å². The number of Topliss-reactive ketones (excluding diaryl/α,β-unsaturated/α-hetero) is 1. The highest BCUT2D eigenvalue weighted by Crippen LogP contribution is 2.40. The number of nitrogens with zero attached hydrogens (tertiary/aromatic N) is 3. The predicted molar refractivity (Wildman–Crippen MR) is 147 cm³/mol. The smallest absolute Gasteiger partial charge is 0.318 e. The van der Waals surface area contributed by atoms with Crippen molar-refractivity contribution in [1.29, 1.82) is 0 Å². The average Bonchev–Trinajstić information content (AvgIpc) is 3.45. The second kappa shape index (κ2) is 11.5. The van der Waals surface area contributed by atoms with Crippen LogP contribution in [0.25, 0.3) is 0 Å². The maximum Gasteiger partial charge on any atom is 0.318 e. The summed E-state index contributed by atoms with van der Waals surface area (Å²) in [6, 6.07) is 13.5. The van der Waals surface area contributed by atoms with E-state index < -0.39 is 0 Å².